The van der Waals surface area contributed by atoms with Gasteiger partial charge in [0.15, 0.2) is 0 Å². The maximum absolute atomic E-state index is 12.5. The van der Waals surface area contributed by atoms with Crippen LogP contribution in [0.4, 0.5) is 5.82 Å². The van der Waals surface area contributed by atoms with Gasteiger partial charge in [-0.2, -0.15) is 0 Å². The molecule has 4 N–H and O–H groups in total. The SMILES string of the molecule is CC(C)c1cc(C(=O)N2CCC(CO)C2)cc(NN)n1. The first-order valence-electron chi connectivity index (χ1n) is 6.94. The third-order valence-electron chi connectivity index (χ3n) is 3.66. The summed E-state index contributed by atoms with van der Waals surface area (Å²) in [6.07, 6.45) is 0.854. The number of hydrogen-bond donors (Lipinski definition) is 3. The van der Waals surface area contributed by atoms with Crippen molar-refractivity contribution in [1.82, 2.24) is 9.88 Å². The summed E-state index contributed by atoms with van der Waals surface area (Å²) in [5.74, 6) is 6.30. The Kier molecular flexibility index (Phi) is 4.57. The van der Waals surface area contributed by atoms with E-state index in [-0.39, 0.29) is 24.3 Å². The van der Waals surface area contributed by atoms with E-state index in [0.717, 1.165) is 12.1 Å². The Morgan fingerprint density at radius 2 is 2.35 bits per heavy atom. The molecule has 1 amide bonds. The molecular formula is C14H22N4O2. The molecule has 1 aliphatic rings. The van der Waals surface area contributed by atoms with E-state index in [9.17, 15) is 4.79 Å². The highest BCUT2D eigenvalue weighted by molar-refractivity contribution is 5.95. The fraction of sp³-hybridized carbons (Fsp3) is 0.571. The second-order valence-electron chi connectivity index (χ2n) is 5.55. The smallest absolute Gasteiger partial charge is 0.254 e. The summed E-state index contributed by atoms with van der Waals surface area (Å²) in [5.41, 5.74) is 3.93. The Labute approximate surface area is 119 Å². The van der Waals surface area contributed by atoms with Gasteiger partial charge in [-0.25, -0.2) is 10.8 Å². The van der Waals surface area contributed by atoms with Crippen LogP contribution in [0.15, 0.2) is 12.1 Å². The molecule has 6 heteroatoms. The molecule has 0 saturated carbocycles. The number of aliphatic hydroxyl groups is 1. The van der Waals surface area contributed by atoms with E-state index in [0.29, 0.717) is 24.5 Å². The number of rotatable bonds is 4. The van der Waals surface area contributed by atoms with E-state index < -0.39 is 0 Å². The molecule has 110 valence electrons. The van der Waals surface area contributed by atoms with Crippen molar-refractivity contribution in [2.45, 2.75) is 26.2 Å². The van der Waals surface area contributed by atoms with E-state index in [1.54, 1.807) is 11.0 Å². The fourth-order valence-electron chi connectivity index (χ4n) is 2.39. The van der Waals surface area contributed by atoms with Gasteiger partial charge in [0.25, 0.3) is 5.91 Å². The molecule has 1 saturated heterocycles. The first kappa shape index (κ1) is 14.7. The highest BCUT2D eigenvalue weighted by atomic mass is 16.3. The molecule has 1 aromatic heterocycles. The Morgan fingerprint density at radius 3 is 2.90 bits per heavy atom. The van der Waals surface area contributed by atoms with Crippen LogP contribution in [-0.4, -0.2) is 40.6 Å². The third-order valence-corrected chi connectivity index (χ3v) is 3.66. The minimum Gasteiger partial charge on any atom is -0.396 e. The van der Waals surface area contributed by atoms with Gasteiger partial charge in [-0.1, -0.05) is 13.8 Å². The van der Waals surface area contributed by atoms with Gasteiger partial charge in [0, 0.05) is 36.9 Å². The number of hydrazine groups is 1. The van der Waals surface area contributed by atoms with Crippen LogP contribution in [0.5, 0.6) is 0 Å². The van der Waals surface area contributed by atoms with Gasteiger partial charge < -0.3 is 15.4 Å². The standard InChI is InChI=1S/C14H22N4O2/c1-9(2)12-5-11(6-13(16-12)17-15)14(20)18-4-3-10(7-18)8-19/h5-6,9-10,19H,3-4,7-8,15H2,1-2H3,(H,16,17). The number of nitrogens with one attached hydrogen (secondary N) is 1. The maximum Gasteiger partial charge on any atom is 0.254 e. The summed E-state index contributed by atoms with van der Waals surface area (Å²) in [6, 6.07) is 3.49. The zero-order valence-electron chi connectivity index (χ0n) is 12.0. The zero-order chi connectivity index (χ0) is 14.7. The predicted octanol–water partition coefficient (Wildman–Crippen LogP) is 0.945. The van der Waals surface area contributed by atoms with Crippen LogP contribution in [0.3, 0.4) is 0 Å². The van der Waals surface area contributed by atoms with E-state index in [4.69, 9.17) is 10.9 Å². The Morgan fingerprint density at radius 1 is 1.60 bits per heavy atom. The lowest BCUT2D eigenvalue weighted by molar-refractivity contribution is 0.0781. The van der Waals surface area contributed by atoms with Crippen molar-refractivity contribution in [3.05, 3.63) is 23.4 Å². The lowest BCUT2D eigenvalue weighted by atomic mass is 10.1. The molecule has 1 aliphatic heterocycles. The number of pyridine rings is 1. The number of nitrogen functional groups attached to an aromatic ring is 1. The van der Waals surface area contributed by atoms with Gasteiger partial charge in [0.2, 0.25) is 0 Å². The molecule has 2 rings (SSSR count). The Balaban J connectivity index is 2.23. The molecule has 1 fully saturated rings. The van der Waals surface area contributed by atoms with Crippen molar-refractivity contribution < 1.29 is 9.90 Å². The molecule has 0 spiro atoms. The molecule has 0 aliphatic carbocycles. The topological polar surface area (TPSA) is 91.5 Å². The minimum atomic E-state index is -0.0262. The summed E-state index contributed by atoms with van der Waals surface area (Å²) in [7, 11) is 0. The van der Waals surface area contributed by atoms with Gasteiger partial charge >= 0.3 is 0 Å². The Bertz CT molecular complexity index is 490. The second-order valence-corrected chi connectivity index (χ2v) is 5.55. The van der Waals surface area contributed by atoms with Crippen molar-refractivity contribution in [3.63, 3.8) is 0 Å². The number of anilines is 1. The van der Waals surface area contributed by atoms with Crippen LogP contribution in [0.25, 0.3) is 0 Å². The molecular weight excluding hydrogens is 256 g/mol. The van der Waals surface area contributed by atoms with Gasteiger partial charge in [0.05, 0.1) is 0 Å². The predicted molar refractivity (Wildman–Crippen MR) is 77.2 cm³/mol. The van der Waals surface area contributed by atoms with Crippen molar-refractivity contribution in [2.24, 2.45) is 11.8 Å². The normalized spacial score (nSPS) is 18.6. The minimum absolute atomic E-state index is 0.0262. The monoisotopic (exact) mass is 278 g/mol. The number of carbonyl (C=O) groups excluding carboxylic acids is 1. The summed E-state index contributed by atoms with van der Waals surface area (Å²) in [5, 5.41) is 9.16. The molecule has 20 heavy (non-hydrogen) atoms. The average molecular weight is 278 g/mol. The molecule has 1 aromatic rings. The van der Waals surface area contributed by atoms with Crippen molar-refractivity contribution in [2.75, 3.05) is 25.1 Å². The van der Waals surface area contributed by atoms with Crippen LogP contribution in [0.2, 0.25) is 0 Å². The van der Waals surface area contributed by atoms with Crippen molar-refractivity contribution >= 4 is 11.7 Å². The quantitative estimate of drug-likeness (QED) is 0.563. The van der Waals surface area contributed by atoms with E-state index >= 15 is 0 Å². The molecule has 0 aromatic carbocycles. The third kappa shape index (κ3) is 3.08. The van der Waals surface area contributed by atoms with Gasteiger partial charge in [-0.15, -0.1) is 0 Å². The number of hydrogen-bond acceptors (Lipinski definition) is 5. The van der Waals surface area contributed by atoms with Crippen LogP contribution in [0, 0.1) is 5.92 Å². The molecule has 0 bridgehead atoms. The summed E-state index contributed by atoms with van der Waals surface area (Å²) < 4.78 is 0. The van der Waals surface area contributed by atoms with Gasteiger partial charge in [-0.05, 0) is 24.5 Å². The number of aromatic nitrogens is 1. The second kappa shape index (κ2) is 6.19. The van der Waals surface area contributed by atoms with E-state index in [2.05, 4.69) is 10.4 Å². The average Bonchev–Trinajstić information content (AvgIpc) is 2.94. The lowest BCUT2D eigenvalue weighted by Crippen LogP contribution is -2.29. The number of carbonyl (C=O) groups is 1. The summed E-state index contributed by atoms with van der Waals surface area (Å²) in [6.45, 7) is 5.48. The molecule has 0 radical (unpaired) electrons. The Hall–Kier alpha value is -1.66. The van der Waals surface area contributed by atoms with Crippen LogP contribution in [-0.2, 0) is 0 Å². The number of amides is 1. The number of nitrogens with two attached hydrogens (primary N) is 1. The van der Waals surface area contributed by atoms with Gasteiger partial charge in [0.1, 0.15) is 5.82 Å². The van der Waals surface area contributed by atoms with Crippen molar-refractivity contribution in [3.8, 4) is 0 Å². The van der Waals surface area contributed by atoms with Crippen LogP contribution in [0.1, 0.15) is 42.2 Å². The van der Waals surface area contributed by atoms with Gasteiger partial charge in [-0.3, -0.25) is 4.79 Å². The van der Waals surface area contributed by atoms with Crippen LogP contribution < -0.4 is 11.3 Å². The highest BCUT2D eigenvalue weighted by Crippen LogP contribution is 2.22. The number of likely N-dealkylation sites (tertiary alicyclic amines) is 1. The first-order valence-corrected chi connectivity index (χ1v) is 6.94. The maximum atomic E-state index is 12.5. The number of nitrogens with zero attached hydrogens (tertiary/aromatic N) is 2. The number of aliphatic hydroxyl groups excluding tert-OH is 1. The highest BCUT2D eigenvalue weighted by Gasteiger charge is 2.27. The zero-order valence-corrected chi connectivity index (χ0v) is 12.0. The largest absolute Gasteiger partial charge is 0.396 e. The fourth-order valence-corrected chi connectivity index (χ4v) is 2.39. The molecule has 2 heterocycles. The summed E-state index contributed by atoms with van der Waals surface area (Å²) in [4.78, 5) is 18.6. The molecule has 6 nitrogen and oxygen atoms in total. The van der Waals surface area contributed by atoms with E-state index in [1.807, 2.05) is 19.9 Å². The molecule has 1 unspecified atom stereocenters. The summed E-state index contributed by atoms with van der Waals surface area (Å²) >= 11 is 0. The van der Waals surface area contributed by atoms with Crippen molar-refractivity contribution in [1.29, 1.82) is 0 Å². The first-order chi connectivity index (χ1) is 9.55. The van der Waals surface area contributed by atoms with E-state index in [1.165, 1.54) is 0 Å². The lowest BCUT2D eigenvalue weighted by Gasteiger charge is -2.18. The van der Waals surface area contributed by atoms with Crippen LogP contribution >= 0.6 is 0 Å². The molecule has 1 atom stereocenters.